The molecule has 60 valence electrons. The molecule has 1 aromatic rings. The van der Waals surface area contributed by atoms with Crippen molar-refractivity contribution in [2.45, 2.75) is 13.8 Å². The number of hydrogen-bond donors (Lipinski definition) is 0. The van der Waals surface area contributed by atoms with Crippen molar-refractivity contribution < 1.29 is 4.74 Å². The first-order valence-corrected chi connectivity index (χ1v) is 4.13. The third-order valence-electron chi connectivity index (χ3n) is 1.80. The Morgan fingerprint density at radius 2 is 1.64 bits per heavy atom. The minimum Gasteiger partial charge on any atom is -0.497 e. The maximum atomic E-state index is 5.12. The second-order valence-corrected chi connectivity index (χ2v) is 3.25. The summed E-state index contributed by atoms with van der Waals surface area (Å²) in [5, 5.41) is 1.27. The van der Waals surface area contributed by atoms with Crippen molar-refractivity contribution in [1.29, 1.82) is 0 Å². The first kappa shape index (κ1) is 8.55. The van der Waals surface area contributed by atoms with Gasteiger partial charge in [-0.25, -0.2) is 0 Å². The molecule has 1 unspecified atom stereocenters. The summed E-state index contributed by atoms with van der Waals surface area (Å²) in [4.78, 5) is 0. The van der Waals surface area contributed by atoms with Crippen LogP contribution in [-0.4, -0.2) is 7.11 Å². The lowest BCUT2D eigenvalue weighted by Crippen LogP contribution is -2.02. The van der Waals surface area contributed by atoms with E-state index in [0.717, 1.165) is 5.75 Å². The topological polar surface area (TPSA) is 9.23 Å². The van der Waals surface area contributed by atoms with E-state index in [1.807, 2.05) is 12.1 Å². The molecule has 0 aliphatic heterocycles. The van der Waals surface area contributed by atoms with Crippen LogP contribution in [0.15, 0.2) is 12.1 Å². The highest BCUT2D eigenvalue weighted by Crippen LogP contribution is 2.15. The van der Waals surface area contributed by atoms with Crippen LogP contribution in [0, 0.1) is 13.8 Å². The molecular weight excluding hydrogens is 155 g/mol. The summed E-state index contributed by atoms with van der Waals surface area (Å²) in [7, 11) is 4.42. The number of aryl methyl sites for hydroxylation is 2. The van der Waals surface area contributed by atoms with Crippen molar-refractivity contribution in [2.75, 3.05) is 7.11 Å². The fourth-order valence-electron chi connectivity index (χ4n) is 1.05. The standard InChI is InChI=1S/C9H13OP/c1-6-4-8(10-3)5-7(2)9(6)11/h4-5H,11H2,1-3H3. The van der Waals surface area contributed by atoms with Crippen molar-refractivity contribution in [3.63, 3.8) is 0 Å². The molecule has 11 heavy (non-hydrogen) atoms. The lowest BCUT2D eigenvalue weighted by atomic mass is 10.1. The Morgan fingerprint density at radius 1 is 1.18 bits per heavy atom. The van der Waals surface area contributed by atoms with Crippen LogP contribution in [0.25, 0.3) is 0 Å². The normalized spacial score (nSPS) is 9.82. The van der Waals surface area contributed by atoms with E-state index in [9.17, 15) is 0 Å². The molecule has 0 spiro atoms. The summed E-state index contributed by atoms with van der Waals surface area (Å²) in [6.07, 6.45) is 0. The van der Waals surface area contributed by atoms with Crippen LogP contribution in [0.2, 0.25) is 0 Å². The second-order valence-electron chi connectivity index (χ2n) is 2.67. The summed E-state index contributed by atoms with van der Waals surface area (Å²) < 4.78 is 5.12. The number of ether oxygens (including phenoxy) is 1. The Bertz CT molecular complexity index is 245. The average molecular weight is 168 g/mol. The number of rotatable bonds is 1. The van der Waals surface area contributed by atoms with Crippen LogP contribution < -0.4 is 10.0 Å². The van der Waals surface area contributed by atoms with Crippen LogP contribution in [0.1, 0.15) is 11.1 Å². The molecule has 0 heterocycles. The van der Waals surface area contributed by atoms with E-state index >= 15 is 0 Å². The van der Waals surface area contributed by atoms with Gasteiger partial charge >= 0.3 is 0 Å². The minimum atomic E-state index is 0.936. The van der Waals surface area contributed by atoms with E-state index in [4.69, 9.17) is 4.74 Å². The molecule has 0 fully saturated rings. The largest absolute Gasteiger partial charge is 0.497 e. The maximum absolute atomic E-state index is 5.12. The maximum Gasteiger partial charge on any atom is 0.119 e. The van der Waals surface area contributed by atoms with Gasteiger partial charge in [-0.05, 0) is 42.4 Å². The lowest BCUT2D eigenvalue weighted by molar-refractivity contribution is 0.414. The highest BCUT2D eigenvalue weighted by Gasteiger charge is 1.99. The quantitative estimate of drug-likeness (QED) is 0.581. The van der Waals surface area contributed by atoms with Gasteiger partial charge in [-0.2, -0.15) is 0 Å². The summed E-state index contributed by atoms with van der Waals surface area (Å²) in [5.41, 5.74) is 2.51. The molecule has 0 bridgehead atoms. The highest BCUT2D eigenvalue weighted by atomic mass is 31.0. The molecule has 1 rings (SSSR count). The zero-order valence-corrected chi connectivity index (χ0v) is 8.29. The summed E-state index contributed by atoms with van der Waals surface area (Å²) >= 11 is 0. The molecular formula is C9H13OP. The average Bonchev–Trinajstić information content (AvgIpc) is 1.99. The monoisotopic (exact) mass is 168 g/mol. The molecule has 1 nitrogen and oxygen atoms in total. The smallest absolute Gasteiger partial charge is 0.119 e. The molecule has 0 aromatic heterocycles. The summed E-state index contributed by atoms with van der Waals surface area (Å²) in [6, 6.07) is 4.07. The fourth-order valence-corrected chi connectivity index (χ4v) is 1.22. The summed E-state index contributed by atoms with van der Waals surface area (Å²) in [6.45, 7) is 4.16. The van der Waals surface area contributed by atoms with Crippen LogP contribution >= 0.6 is 9.24 Å². The van der Waals surface area contributed by atoms with Gasteiger partial charge < -0.3 is 4.74 Å². The Hall–Kier alpha value is -0.550. The molecule has 2 heteroatoms. The van der Waals surface area contributed by atoms with E-state index in [2.05, 4.69) is 23.1 Å². The van der Waals surface area contributed by atoms with Gasteiger partial charge in [-0.3, -0.25) is 0 Å². The lowest BCUT2D eigenvalue weighted by Gasteiger charge is -2.06. The van der Waals surface area contributed by atoms with Crippen molar-refractivity contribution >= 4 is 14.5 Å². The van der Waals surface area contributed by atoms with Gasteiger partial charge in [0.2, 0.25) is 0 Å². The molecule has 0 amide bonds. The Morgan fingerprint density at radius 3 is 2.00 bits per heavy atom. The van der Waals surface area contributed by atoms with E-state index in [1.54, 1.807) is 7.11 Å². The SMILES string of the molecule is COc1cc(C)c(P)c(C)c1. The highest BCUT2D eigenvalue weighted by molar-refractivity contribution is 7.27. The zero-order valence-electron chi connectivity index (χ0n) is 7.14. The predicted octanol–water partition coefficient (Wildman–Crippen LogP) is 1.81. The minimum absolute atomic E-state index is 0.936. The van der Waals surface area contributed by atoms with Gasteiger partial charge in [0.05, 0.1) is 7.11 Å². The number of methoxy groups -OCH3 is 1. The summed E-state index contributed by atoms with van der Waals surface area (Å²) in [5.74, 6) is 0.936. The Kier molecular flexibility index (Phi) is 2.51. The number of benzene rings is 1. The van der Waals surface area contributed by atoms with Gasteiger partial charge in [-0.1, -0.05) is 0 Å². The molecule has 0 N–H and O–H groups in total. The Balaban J connectivity index is 3.21. The second kappa shape index (κ2) is 3.23. The van der Waals surface area contributed by atoms with Gasteiger partial charge in [0, 0.05) is 0 Å². The molecule has 0 radical (unpaired) electrons. The van der Waals surface area contributed by atoms with Crippen LogP contribution in [0.3, 0.4) is 0 Å². The van der Waals surface area contributed by atoms with Crippen molar-refractivity contribution in [1.82, 2.24) is 0 Å². The Labute approximate surface area is 70.0 Å². The van der Waals surface area contributed by atoms with Gasteiger partial charge in [0.15, 0.2) is 0 Å². The van der Waals surface area contributed by atoms with Crippen LogP contribution in [-0.2, 0) is 0 Å². The fraction of sp³-hybridized carbons (Fsp3) is 0.333. The van der Waals surface area contributed by atoms with E-state index < -0.39 is 0 Å². The molecule has 0 saturated heterocycles. The first-order chi connectivity index (χ1) is 5.15. The molecule has 0 saturated carbocycles. The first-order valence-electron chi connectivity index (χ1n) is 3.56. The predicted molar refractivity (Wildman–Crippen MR) is 51.8 cm³/mol. The van der Waals surface area contributed by atoms with Crippen molar-refractivity contribution in [2.24, 2.45) is 0 Å². The van der Waals surface area contributed by atoms with E-state index in [0.29, 0.717) is 0 Å². The zero-order chi connectivity index (χ0) is 8.43. The van der Waals surface area contributed by atoms with Crippen molar-refractivity contribution in [3.8, 4) is 5.75 Å². The third kappa shape index (κ3) is 1.72. The van der Waals surface area contributed by atoms with Gasteiger partial charge in [0.1, 0.15) is 5.75 Å². The van der Waals surface area contributed by atoms with E-state index in [1.165, 1.54) is 16.4 Å². The van der Waals surface area contributed by atoms with Crippen LogP contribution in [0.5, 0.6) is 5.75 Å². The van der Waals surface area contributed by atoms with Crippen molar-refractivity contribution in [3.05, 3.63) is 23.3 Å². The van der Waals surface area contributed by atoms with Gasteiger partial charge in [-0.15, -0.1) is 9.24 Å². The van der Waals surface area contributed by atoms with Gasteiger partial charge in [0.25, 0.3) is 0 Å². The third-order valence-corrected chi connectivity index (χ3v) is 2.71. The molecule has 0 aliphatic carbocycles. The number of hydrogen-bond acceptors (Lipinski definition) is 1. The molecule has 1 atom stereocenters. The van der Waals surface area contributed by atoms with Crippen LogP contribution in [0.4, 0.5) is 0 Å². The van der Waals surface area contributed by atoms with E-state index in [-0.39, 0.29) is 0 Å². The molecule has 0 aliphatic rings. The molecule has 1 aromatic carbocycles.